The number of para-hydroxylation sites is 4. The van der Waals surface area contributed by atoms with Gasteiger partial charge in [0.25, 0.3) is 0 Å². The van der Waals surface area contributed by atoms with Crippen LogP contribution in [0, 0.1) is 0 Å². The highest BCUT2D eigenvalue weighted by molar-refractivity contribution is 6.32. The van der Waals surface area contributed by atoms with Gasteiger partial charge in [-0.25, -0.2) is 9.98 Å². The molecule has 6 nitrogen and oxygen atoms in total. The number of hydrogen-bond acceptors (Lipinski definition) is 4. The molecule has 0 saturated heterocycles. The van der Waals surface area contributed by atoms with Crippen molar-refractivity contribution in [3.05, 3.63) is 144 Å². The van der Waals surface area contributed by atoms with Crippen molar-refractivity contribution in [1.82, 2.24) is 4.98 Å². The van der Waals surface area contributed by atoms with Crippen molar-refractivity contribution in [1.29, 1.82) is 0 Å². The second kappa shape index (κ2) is 11.5. The molecule has 3 aromatic heterocycles. The van der Waals surface area contributed by atoms with E-state index in [1.54, 1.807) is 0 Å². The first-order chi connectivity index (χ1) is 22.7. The highest BCUT2D eigenvalue weighted by Crippen LogP contribution is 2.33. The van der Waals surface area contributed by atoms with Gasteiger partial charge in [0.05, 0.1) is 23.4 Å². The standard InChI is InChI=1S/C39H25BN4O2/c1-41-38(31-12-6-10-29-27-8-2-4-14-34(27)45-36(29)31)44-39(32-13-7-11-30-28-9-3-5-15-35(28)46-37(30)32)43-23-24-16-21-33(42-22-24)25-17-19-26(40)20-18-25/h2-22H,1,23H2. The third kappa shape index (κ3) is 4.88. The van der Waals surface area contributed by atoms with Gasteiger partial charge < -0.3 is 8.83 Å². The quantitative estimate of drug-likeness (QED) is 0.114. The van der Waals surface area contributed by atoms with Crippen LogP contribution in [0.5, 0.6) is 0 Å². The Balaban J connectivity index is 1.26. The van der Waals surface area contributed by atoms with Gasteiger partial charge in [0, 0.05) is 33.3 Å². The molecule has 0 aliphatic carbocycles. The van der Waals surface area contributed by atoms with Gasteiger partial charge >= 0.3 is 0 Å². The van der Waals surface area contributed by atoms with Crippen molar-refractivity contribution < 1.29 is 8.83 Å². The summed E-state index contributed by atoms with van der Waals surface area (Å²) in [5, 5.41) is 4.02. The molecule has 0 N–H and O–H groups in total. The first-order valence-electron chi connectivity index (χ1n) is 14.9. The predicted molar refractivity (Wildman–Crippen MR) is 189 cm³/mol. The molecule has 0 amide bonds. The van der Waals surface area contributed by atoms with Gasteiger partial charge in [-0.1, -0.05) is 96.5 Å². The zero-order chi connectivity index (χ0) is 31.0. The Morgan fingerprint density at radius 1 is 0.630 bits per heavy atom. The maximum absolute atomic E-state index is 6.38. The molecule has 8 aromatic rings. The highest BCUT2D eigenvalue weighted by Gasteiger charge is 2.18. The van der Waals surface area contributed by atoms with Gasteiger partial charge in [-0.3, -0.25) is 9.98 Å². The minimum atomic E-state index is 0.337. The van der Waals surface area contributed by atoms with Crippen molar-refractivity contribution >= 4 is 75.6 Å². The summed E-state index contributed by atoms with van der Waals surface area (Å²) in [6.07, 6.45) is 1.83. The lowest BCUT2D eigenvalue weighted by Gasteiger charge is -2.07. The van der Waals surface area contributed by atoms with Crippen LogP contribution in [0.1, 0.15) is 16.7 Å². The normalized spacial score (nSPS) is 12.4. The van der Waals surface area contributed by atoms with Gasteiger partial charge in [0.1, 0.15) is 30.2 Å². The van der Waals surface area contributed by atoms with Gasteiger partial charge in [-0.2, -0.15) is 0 Å². The third-order valence-corrected chi connectivity index (χ3v) is 8.09. The molecule has 0 aliphatic heterocycles. The number of pyridine rings is 1. The van der Waals surface area contributed by atoms with E-state index in [0.717, 1.165) is 60.7 Å². The van der Waals surface area contributed by atoms with Crippen molar-refractivity contribution in [2.45, 2.75) is 6.54 Å². The molecule has 5 aromatic carbocycles. The first-order valence-corrected chi connectivity index (χ1v) is 14.9. The Kier molecular flexibility index (Phi) is 6.84. The number of benzene rings is 5. The maximum atomic E-state index is 6.38. The zero-order valence-corrected chi connectivity index (χ0v) is 24.7. The number of fused-ring (bicyclic) bond motifs is 6. The molecule has 0 spiro atoms. The molecule has 0 unspecified atom stereocenters. The van der Waals surface area contributed by atoms with E-state index in [2.05, 4.69) is 22.8 Å². The summed E-state index contributed by atoms with van der Waals surface area (Å²) < 4.78 is 12.7. The van der Waals surface area contributed by atoms with E-state index in [0.29, 0.717) is 34.8 Å². The lowest BCUT2D eigenvalue weighted by Crippen LogP contribution is -2.06. The number of rotatable bonds is 5. The van der Waals surface area contributed by atoms with Gasteiger partial charge in [-0.05, 0) is 42.6 Å². The van der Waals surface area contributed by atoms with Gasteiger partial charge in [0.2, 0.25) is 0 Å². The summed E-state index contributed by atoms with van der Waals surface area (Å²) in [5.41, 5.74) is 7.95. The number of amidine groups is 2. The highest BCUT2D eigenvalue weighted by atomic mass is 16.3. The van der Waals surface area contributed by atoms with Crippen LogP contribution in [-0.4, -0.2) is 31.2 Å². The fraction of sp³-hybridized carbons (Fsp3) is 0.0256. The van der Waals surface area contributed by atoms with Crippen LogP contribution in [0.4, 0.5) is 0 Å². The SMILES string of the molecule is [B]c1ccc(-c2ccc(CN=C(N=C(N=C)c3cccc4c3oc3ccccc34)c3cccc4c3oc3ccccc34)cn2)cc1. The Bertz CT molecular complexity index is 2470. The maximum Gasteiger partial charge on any atom is 0.164 e. The number of nitrogens with zero attached hydrogens (tertiary/aromatic N) is 4. The number of aliphatic imine (C=N–C) groups is 3. The molecular weight excluding hydrogens is 567 g/mol. The Labute approximate surface area is 265 Å². The number of furan rings is 2. The molecule has 0 aliphatic rings. The monoisotopic (exact) mass is 592 g/mol. The minimum absolute atomic E-state index is 0.337. The molecular formula is C39H25BN4O2. The van der Waals surface area contributed by atoms with Crippen molar-refractivity contribution in [3.8, 4) is 11.3 Å². The molecule has 0 fully saturated rings. The summed E-state index contributed by atoms with van der Waals surface area (Å²) >= 11 is 0. The van der Waals surface area contributed by atoms with Crippen LogP contribution in [0.15, 0.2) is 151 Å². The molecule has 46 heavy (non-hydrogen) atoms. The van der Waals surface area contributed by atoms with Gasteiger partial charge in [-0.15, -0.1) is 0 Å². The van der Waals surface area contributed by atoms with Crippen LogP contribution in [-0.2, 0) is 6.54 Å². The van der Waals surface area contributed by atoms with E-state index in [1.807, 2.05) is 121 Å². The molecule has 8 rings (SSSR count). The molecule has 0 saturated carbocycles. The van der Waals surface area contributed by atoms with Crippen LogP contribution in [0.25, 0.3) is 55.1 Å². The molecule has 0 bridgehead atoms. The Morgan fingerprint density at radius 2 is 1.22 bits per heavy atom. The van der Waals surface area contributed by atoms with Crippen LogP contribution in [0.2, 0.25) is 0 Å². The second-order valence-corrected chi connectivity index (χ2v) is 11.0. The van der Waals surface area contributed by atoms with E-state index in [9.17, 15) is 0 Å². The molecule has 0 atom stereocenters. The van der Waals surface area contributed by atoms with Gasteiger partial charge in [0.15, 0.2) is 11.7 Å². The first kappa shape index (κ1) is 27.5. The van der Waals surface area contributed by atoms with E-state index < -0.39 is 0 Å². The van der Waals surface area contributed by atoms with Crippen molar-refractivity contribution in [3.63, 3.8) is 0 Å². The number of hydrogen-bond donors (Lipinski definition) is 0. The summed E-state index contributed by atoms with van der Waals surface area (Å²) in [5.74, 6) is 0.858. The third-order valence-electron chi connectivity index (χ3n) is 8.09. The minimum Gasteiger partial charge on any atom is -0.455 e. The van der Waals surface area contributed by atoms with Crippen molar-refractivity contribution in [2.24, 2.45) is 15.0 Å². The zero-order valence-electron chi connectivity index (χ0n) is 24.7. The summed E-state index contributed by atoms with van der Waals surface area (Å²) in [4.78, 5) is 19.1. The van der Waals surface area contributed by atoms with E-state index >= 15 is 0 Å². The largest absolute Gasteiger partial charge is 0.455 e. The average Bonchev–Trinajstić information content (AvgIpc) is 3.68. The number of aromatic nitrogens is 1. The van der Waals surface area contributed by atoms with Crippen LogP contribution >= 0.6 is 0 Å². The predicted octanol–water partition coefficient (Wildman–Crippen LogP) is 8.44. The fourth-order valence-electron chi connectivity index (χ4n) is 5.82. The topological polar surface area (TPSA) is 76.2 Å². The van der Waals surface area contributed by atoms with Crippen LogP contribution < -0.4 is 5.46 Å². The molecule has 2 radical (unpaired) electrons. The van der Waals surface area contributed by atoms with Crippen LogP contribution in [0.3, 0.4) is 0 Å². The average molecular weight is 592 g/mol. The van der Waals surface area contributed by atoms with Crippen molar-refractivity contribution in [2.75, 3.05) is 0 Å². The smallest absolute Gasteiger partial charge is 0.164 e. The lowest BCUT2D eigenvalue weighted by molar-refractivity contribution is 0.668. The van der Waals surface area contributed by atoms with E-state index in [4.69, 9.17) is 26.7 Å². The second-order valence-electron chi connectivity index (χ2n) is 11.0. The fourth-order valence-corrected chi connectivity index (χ4v) is 5.82. The summed E-state index contributed by atoms with van der Waals surface area (Å²) in [6, 6.07) is 39.6. The molecule has 3 heterocycles. The van der Waals surface area contributed by atoms with E-state index in [-0.39, 0.29) is 0 Å². The molecule has 216 valence electrons. The Morgan fingerprint density at radius 3 is 1.80 bits per heavy atom. The Hall–Kier alpha value is -6.08. The summed E-state index contributed by atoms with van der Waals surface area (Å²) in [6.45, 7) is 4.22. The summed E-state index contributed by atoms with van der Waals surface area (Å²) in [7, 11) is 5.86. The van der Waals surface area contributed by atoms with E-state index in [1.165, 1.54) is 0 Å². The lowest BCUT2D eigenvalue weighted by atomic mass is 9.95. The molecule has 7 heteroatoms.